The second kappa shape index (κ2) is 5.77. The van der Waals surface area contributed by atoms with E-state index in [1.807, 2.05) is 0 Å². The van der Waals surface area contributed by atoms with Gasteiger partial charge in [0.2, 0.25) is 0 Å². The molecule has 0 aliphatic heterocycles. The van der Waals surface area contributed by atoms with Crippen LogP contribution in [0.2, 0.25) is 0 Å². The average molecular weight is 405 g/mol. The van der Waals surface area contributed by atoms with Crippen LogP contribution in [0.15, 0.2) is 24.6 Å². The van der Waals surface area contributed by atoms with E-state index in [9.17, 15) is 5.11 Å². The van der Waals surface area contributed by atoms with Crippen molar-refractivity contribution in [2.75, 3.05) is 0 Å². The number of hydrogen-bond donors (Lipinski definition) is 2. The standard InChI is InChI=1S/C14H15Br2NO3/c1-6(2)4-10-11(7(3)17-19)12-13(16)9(18)5-8(15)14(12)20-10/h5-6,18-19H,4H2,1-3H3/b17-7+. The van der Waals surface area contributed by atoms with Crippen molar-refractivity contribution in [3.05, 3.63) is 26.3 Å². The van der Waals surface area contributed by atoms with Gasteiger partial charge >= 0.3 is 0 Å². The van der Waals surface area contributed by atoms with Crippen molar-refractivity contribution in [1.82, 2.24) is 0 Å². The zero-order chi connectivity index (χ0) is 15.0. The van der Waals surface area contributed by atoms with Crippen LogP contribution >= 0.6 is 31.9 Å². The first-order valence-corrected chi connectivity index (χ1v) is 7.76. The Labute approximate surface area is 133 Å². The Morgan fingerprint density at radius 1 is 1.40 bits per heavy atom. The molecule has 2 N–H and O–H groups in total. The molecular weight excluding hydrogens is 390 g/mol. The highest BCUT2D eigenvalue weighted by molar-refractivity contribution is 9.11. The van der Waals surface area contributed by atoms with E-state index in [0.29, 0.717) is 31.5 Å². The van der Waals surface area contributed by atoms with Gasteiger partial charge in [-0.15, -0.1) is 0 Å². The van der Waals surface area contributed by atoms with Gasteiger partial charge < -0.3 is 14.7 Å². The summed E-state index contributed by atoms with van der Waals surface area (Å²) in [5.41, 5.74) is 1.81. The Kier molecular flexibility index (Phi) is 4.44. The molecule has 20 heavy (non-hydrogen) atoms. The van der Waals surface area contributed by atoms with E-state index >= 15 is 0 Å². The molecule has 0 unspecified atom stereocenters. The van der Waals surface area contributed by atoms with Crippen molar-refractivity contribution in [2.24, 2.45) is 11.1 Å². The minimum atomic E-state index is 0.105. The zero-order valence-corrected chi connectivity index (χ0v) is 14.5. The van der Waals surface area contributed by atoms with Gasteiger partial charge in [-0.3, -0.25) is 0 Å². The number of phenols is 1. The molecule has 6 heteroatoms. The molecule has 1 aromatic carbocycles. The van der Waals surface area contributed by atoms with Gasteiger partial charge in [-0.05, 0) is 50.8 Å². The fraction of sp³-hybridized carbons (Fsp3) is 0.357. The molecule has 0 aliphatic rings. The molecular formula is C14H15Br2NO3. The molecule has 0 amide bonds. The van der Waals surface area contributed by atoms with Gasteiger partial charge in [0.05, 0.1) is 14.7 Å². The number of hydrogen-bond acceptors (Lipinski definition) is 4. The molecule has 0 saturated carbocycles. The quantitative estimate of drug-likeness (QED) is 0.426. The molecule has 0 aliphatic carbocycles. The molecule has 0 radical (unpaired) electrons. The van der Waals surface area contributed by atoms with E-state index in [4.69, 9.17) is 9.62 Å². The lowest BCUT2D eigenvalue weighted by molar-refractivity contribution is 0.319. The number of oxime groups is 1. The van der Waals surface area contributed by atoms with Crippen molar-refractivity contribution in [1.29, 1.82) is 0 Å². The molecule has 1 heterocycles. The summed E-state index contributed by atoms with van der Waals surface area (Å²) in [6.45, 7) is 5.88. The first kappa shape index (κ1) is 15.4. The fourth-order valence-corrected chi connectivity index (χ4v) is 3.17. The van der Waals surface area contributed by atoms with Crippen LogP contribution in [0.4, 0.5) is 0 Å². The Hall–Kier alpha value is -1.01. The summed E-state index contributed by atoms with van der Waals surface area (Å²) in [5.74, 6) is 1.25. The molecule has 0 atom stereocenters. The predicted molar refractivity (Wildman–Crippen MR) is 85.8 cm³/mol. The SMILES string of the molecule is C/C(=N\O)c1c(CC(C)C)oc2c(Br)cc(O)c(Br)c12. The molecule has 0 spiro atoms. The Balaban J connectivity index is 2.88. The molecule has 1 aromatic heterocycles. The van der Waals surface area contributed by atoms with Gasteiger partial charge in [0.15, 0.2) is 5.58 Å². The third-order valence-electron chi connectivity index (χ3n) is 3.01. The normalized spacial score (nSPS) is 12.6. The van der Waals surface area contributed by atoms with Crippen LogP contribution in [0.5, 0.6) is 5.75 Å². The van der Waals surface area contributed by atoms with E-state index in [2.05, 4.69) is 50.9 Å². The highest BCUT2D eigenvalue weighted by Gasteiger charge is 2.23. The largest absolute Gasteiger partial charge is 0.507 e. The van der Waals surface area contributed by atoms with Crippen molar-refractivity contribution in [2.45, 2.75) is 27.2 Å². The zero-order valence-electron chi connectivity index (χ0n) is 11.4. The predicted octanol–water partition coefficient (Wildman–Crippen LogP) is 5.06. The summed E-state index contributed by atoms with van der Waals surface area (Å²) in [4.78, 5) is 0. The number of halogens is 2. The molecule has 2 rings (SSSR count). The van der Waals surface area contributed by atoms with Crippen molar-refractivity contribution in [3.63, 3.8) is 0 Å². The lowest BCUT2D eigenvalue weighted by Crippen LogP contribution is -2.01. The third-order valence-corrected chi connectivity index (χ3v) is 4.40. The number of rotatable bonds is 3. The van der Waals surface area contributed by atoms with E-state index in [1.165, 1.54) is 0 Å². The minimum Gasteiger partial charge on any atom is -0.507 e. The maximum absolute atomic E-state index is 9.95. The summed E-state index contributed by atoms with van der Waals surface area (Å²) < 4.78 is 7.12. The average Bonchev–Trinajstić information content (AvgIpc) is 2.74. The summed E-state index contributed by atoms with van der Waals surface area (Å²) >= 11 is 6.77. The molecule has 2 aromatic rings. The van der Waals surface area contributed by atoms with Gasteiger partial charge in [-0.1, -0.05) is 19.0 Å². The number of aromatic hydroxyl groups is 1. The van der Waals surface area contributed by atoms with Crippen LogP contribution in [0.25, 0.3) is 11.0 Å². The Morgan fingerprint density at radius 2 is 2.05 bits per heavy atom. The van der Waals surface area contributed by atoms with Gasteiger partial charge in [-0.25, -0.2) is 0 Å². The number of phenolic OH excluding ortho intramolecular Hbond substituents is 1. The number of furan rings is 1. The first-order chi connectivity index (χ1) is 9.36. The number of benzene rings is 1. The van der Waals surface area contributed by atoms with Crippen LogP contribution in [0.1, 0.15) is 32.1 Å². The highest BCUT2D eigenvalue weighted by Crippen LogP contribution is 2.42. The molecule has 0 saturated heterocycles. The Bertz CT molecular complexity index is 690. The summed E-state index contributed by atoms with van der Waals surface area (Å²) in [7, 11) is 0. The van der Waals surface area contributed by atoms with Crippen LogP contribution in [0.3, 0.4) is 0 Å². The first-order valence-electron chi connectivity index (χ1n) is 6.18. The second-order valence-electron chi connectivity index (χ2n) is 5.08. The fourth-order valence-electron chi connectivity index (χ4n) is 2.18. The second-order valence-corrected chi connectivity index (χ2v) is 6.73. The summed E-state index contributed by atoms with van der Waals surface area (Å²) in [6.07, 6.45) is 0.719. The summed E-state index contributed by atoms with van der Waals surface area (Å²) in [5, 5.41) is 23.1. The third kappa shape index (κ3) is 2.59. The molecule has 0 fully saturated rings. The number of fused-ring (bicyclic) bond motifs is 1. The maximum Gasteiger partial charge on any atom is 0.150 e. The minimum absolute atomic E-state index is 0.105. The summed E-state index contributed by atoms with van der Waals surface area (Å²) in [6, 6.07) is 1.57. The smallest absolute Gasteiger partial charge is 0.150 e. The molecule has 0 bridgehead atoms. The number of nitrogens with zero attached hydrogens (tertiary/aromatic N) is 1. The van der Waals surface area contributed by atoms with Crippen molar-refractivity contribution >= 4 is 48.5 Å². The van der Waals surface area contributed by atoms with Gasteiger partial charge in [0, 0.05) is 17.4 Å². The molecule has 108 valence electrons. The van der Waals surface area contributed by atoms with Crippen LogP contribution in [0, 0.1) is 5.92 Å². The van der Waals surface area contributed by atoms with Crippen molar-refractivity contribution in [3.8, 4) is 5.75 Å². The van der Waals surface area contributed by atoms with Gasteiger partial charge in [-0.2, -0.15) is 0 Å². The van der Waals surface area contributed by atoms with Gasteiger partial charge in [0.25, 0.3) is 0 Å². The Morgan fingerprint density at radius 3 is 2.60 bits per heavy atom. The maximum atomic E-state index is 9.95. The van der Waals surface area contributed by atoms with E-state index in [-0.39, 0.29) is 5.75 Å². The topological polar surface area (TPSA) is 66.0 Å². The monoisotopic (exact) mass is 403 g/mol. The van der Waals surface area contributed by atoms with E-state index in [1.54, 1.807) is 13.0 Å². The van der Waals surface area contributed by atoms with E-state index < -0.39 is 0 Å². The van der Waals surface area contributed by atoms with Gasteiger partial charge in [0.1, 0.15) is 11.5 Å². The highest BCUT2D eigenvalue weighted by atomic mass is 79.9. The van der Waals surface area contributed by atoms with Crippen LogP contribution < -0.4 is 0 Å². The van der Waals surface area contributed by atoms with Crippen LogP contribution in [-0.2, 0) is 6.42 Å². The molecule has 4 nitrogen and oxygen atoms in total. The lowest BCUT2D eigenvalue weighted by atomic mass is 10.0. The van der Waals surface area contributed by atoms with E-state index in [0.717, 1.165) is 17.7 Å². The van der Waals surface area contributed by atoms with Crippen molar-refractivity contribution < 1.29 is 14.7 Å². The lowest BCUT2D eigenvalue weighted by Gasteiger charge is -2.05. The van der Waals surface area contributed by atoms with Crippen LogP contribution in [-0.4, -0.2) is 16.0 Å².